The lowest BCUT2D eigenvalue weighted by Crippen LogP contribution is -2.56. The molecule has 1 spiro atoms. The number of pyridine rings is 1. The maximum absolute atomic E-state index is 14.9. The molecule has 2 aromatic rings. The summed E-state index contributed by atoms with van der Waals surface area (Å²) in [6.45, 7) is 2.74. The summed E-state index contributed by atoms with van der Waals surface area (Å²) in [5.41, 5.74) is 1.23. The number of piperidine rings is 1. The lowest BCUT2D eigenvalue weighted by atomic mass is 9.75. The molecular formula is C20H23F2N3. The van der Waals surface area contributed by atoms with Crippen molar-refractivity contribution in [2.75, 3.05) is 31.1 Å². The Balaban J connectivity index is 1.52. The average molecular weight is 343 g/mol. The second kappa shape index (κ2) is 6.37. The van der Waals surface area contributed by atoms with Gasteiger partial charge in [-0.1, -0.05) is 18.2 Å². The van der Waals surface area contributed by atoms with Crippen LogP contribution in [0.15, 0.2) is 54.9 Å². The number of hydrogen-bond donors (Lipinski definition) is 0. The van der Waals surface area contributed by atoms with E-state index in [-0.39, 0.29) is 6.42 Å². The van der Waals surface area contributed by atoms with Crippen molar-refractivity contribution in [2.24, 2.45) is 5.41 Å². The summed E-state index contributed by atoms with van der Waals surface area (Å²) in [5, 5.41) is 0. The van der Waals surface area contributed by atoms with Crippen molar-refractivity contribution in [3.05, 3.63) is 60.4 Å². The molecule has 5 heteroatoms. The Bertz CT molecular complexity index is 707. The van der Waals surface area contributed by atoms with E-state index >= 15 is 0 Å². The van der Waals surface area contributed by atoms with Crippen LogP contribution in [-0.2, 0) is 6.54 Å². The van der Waals surface area contributed by atoms with Crippen LogP contribution in [0.25, 0.3) is 0 Å². The second-order valence-corrected chi connectivity index (χ2v) is 7.31. The molecule has 3 heterocycles. The van der Waals surface area contributed by atoms with Crippen molar-refractivity contribution in [2.45, 2.75) is 25.3 Å². The lowest BCUT2D eigenvalue weighted by Gasteiger charge is -2.46. The normalized spacial score (nSPS) is 26.2. The number of likely N-dealkylation sites (tertiary alicyclic amines) is 1. The lowest BCUT2D eigenvalue weighted by molar-refractivity contribution is -0.158. The van der Waals surface area contributed by atoms with Crippen LogP contribution in [0.5, 0.6) is 0 Å². The van der Waals surface area contributed by atoms with E-state index in [1.54, 1.807) is 12.4 Å². The van der Waals surface area contributed by atoms with Crippen LogP contribution in [0, 0.1) is 5.41 Å². The van der Waals surface area contributed by atoms with E-state index in [2.05, 4.69) is 14.8 Å². The van der Waals surface area contributed by atoms with Gasteiger partial charge in [-0.2, -0.15) is 0 Å². The van der Waals surface area contributed by atoms with Crippen molar-refractivity contribution in [1.82, 2.24) is 9.88 Å². The van der Waals surface area contributed by atoms with Gasteiger partial charge in [0, 0.05) is 57.2 Å². The predicted octanol–water partition coefficient (Wildman–Crippen LogP) is 3.82. The van der Waals surface area contributed by atoms with Crippen molar-refractivity contribution in [1.29, 1.82) is 0 Å². The summed E-state index contributed by atoms with van der Waals surface area (Å²) in [5.74, 6) is -2.61. The number of para-hydroxylation sites is 1. The third kappa shape index (κ3) is 3.13. The number of alkyl halides is 2. The molecule has 1 aromatic carbocycles. The molecule has 0 saturated carbocycles. The summed E-state index contributed by atoms with van der Waals surface area (Å²) in [4.78, 5) is 8.33. The maximum Gasteiger partial charge on any atom is 0.257 e. The van der Waals surface area contributed by atoms with Gasteiger partial charge < -0.3 is 4.90 Å². The van der Waals surface area contributed by atoms with Crippen molar-refractivity contribution in [3.8, 4) is 0 Å². The number of anilines is 1. The topological polar surface area (TPSA) is 19.4 Å². The van der Waals surface area contributed by atoms with Crippen LogP contribution in [0.1, 0.15) is 18.4 Å². The Labute approximate surface area is 147 Å². The minimum absolute atomic E-state index is 0.0548. The summed E-state index contributed by atoms with van der Waals surface area (Å²) in [6.07, 6.45) is 4.01. The quantitative estimate of drug-likeness (QED) is 0.845. The second-order valence-electron chi connectivity index (χ2n) is 7.31. The van der Waals surface area contributed by atoms with Gasteiger partial charge in [-0.15, -0.1) is 0 Å². The highest BCUT2D eigenvalue weighted by Gasteiger charge is 2.59. The Kier molecular flexibility index (Phi) is 4.20. The summed E-state index contributed by atoms with van der Waals surface area (Å²) in [7, 11) is 0. The van der Waals surface area contributed by atoms with E-state index in [1.807, 2.05) is 42.5 Å². The largest absolute Gasteiger partial charge is 0.371 e. The molecule has 2 aliphatic heterocycles. The van der Waals surface area contributed by atoms with E-state index in [0.717, 1.165) is 11.3 Å². The predicted molar refractivity (Wildman–Crippen MR) is 94.8 cm³/mol. The highest BCUT2D eigenvalue weighted by molar-refractivity contribution is 5.47. The zero-order valence-electron chi connectivity index (χ0n) is 14.2. The molecule has 1 aromatic heterocycles. The van der Waals surface area contributed by atoms with Gasteiger partial charge in [0.05, 0.1) is 5.41 Å². The summed E-state index contributed by atoms with van der Waals surface area (Å²) in [6, 6.07) is 13.8. The van der Waals surface area contributed by atoms with Crippen LogP contribution in [-0.4, -0.2) is 42.0 Å². The van der Waals surface area contributed by atoms with Gasteiger partial charge in [0.2, 0.25) is 0 Å². The molecule has 0 aliphatic carbocycles. The molecule has 0 N–H and O–H groups in total. The molecule has 1 unspecified atom stereocenters. The Hall–Kier alpha value is -2.01. The fraction of sp³-hybridized carbons (Fsp3) is 0.450. The van der Waals surface area contributed by atoms with Crippen LogP contribution < -0.4 is 4.90 Å². The van der Waals surface area contributed by atoms with Crippen LogP contribution in [0.2, 0.25) is 0 Å². The molecule has 25 heavy (non-hydrogen) atoms. The summed E-state index contributed by atoms with van der Waals surface area (Å²) >= 11 is 0. The zero-order valence-corrected chi connectivity index (χ0v) is 14.2. The number of hydrogen-bond acceptors (Lipinski definition) is 3. The van der Waals surface area contributed by atoms with Gasteiger partial charge in [-0.3, -0.25) is 9.88 Å². The molecule has 0 amide bonds. The molecule has 4 rings (SSSR count). The van der Waals surface area contributed by atoms with Gasteiger partial charge in [-0.25, -0.2) is 8.78 Å². The van der Waals surface area contributed by atoms with E-state index in [0.29, 0.717) is 39.1 Å². The molecule has 1 atom stereocenters. The molecule has 3 nitrogen and oxygen atoms in total. The van der Waals surface area contributed by atoms with E-state index in [1.165, 1.54) is 0 Å². The van der Waals surface area contributed by atoms with Crippen LogP contribution >= 0.6 is 0 Å². The monoisotopic (exact) mass is 343 g/mol. The van der Waals surface area contributed by atoms with Gasteiger partial charge in [0.15, 0.2) is 0 Å². The van der Waals surface area contributed by atoms with Gasteiger partial charge in [0.1, 0.15) is 0 Å². The molecule has 2 fully saturated rings. The van der Waals surface area contributed by atoms with Crippen LogP contribution in [0.4, 0.5) is 14.5 Å². The number of rotatable bonds is 3. The fourth-order valence-electron chi connectivity index (χ4n) is 4.23. The molecule has 0 bridgehead atoms. The average Bonchev–Trinajstić information content (AvgIpc) is 3.06. The first kappa shape index (κ1) is 16.5. The Morgan fingerprint density at radius 1 is 0.920 bits per heavy atom. The Morgan fingerprint density at radius 3 is 2.44 bits per heavy atom. The van der Waals surface area contributed by atoms with Crippen molar-refractivity contribution >= 4 is 5.69 Å². The number of nitrogens with zero attached hydrogens (tertiary/aromatic N) is 3. The number of benzene rings is 1. The van der Waals surface area contributed by atoms with Gasteiger partial charge in [0.25, 0.3) is 5.92 Å². The van der Waals surface area contributed by atoms with Crippen molar-refractivity contribution < 1.29 is 8.78 Å². The van der Waals surface area contributed by atoms with Crippen molar-refractivity contribution in [3.63, 3.8) is 0 Å². The van der Waals surface area contributed by atoms with Gasteiger partial charge in [-0.05, 0) is 36.2 Å². The first-order valence-corrected chi connectivity index (χ1v) is 8.87. The molecule has 132 valence electrons. The fourth-order valence-corrected chi connectivity index (χ4v) is 4.23. The molecule has 2 aliphatic rings. The Morgan fingerprint density at radius 2 is 1.68 bits per heavy atom. The third-order valence-electron chi connectivity index (χ3n) is 5.67. The molecule has 0 radical (unpaired) electrons. The highest BCUT2D eigenvalue weighted by Crippen LogP contribution is 2.50. The third-order valence-corrected chi connectivity index (χ3v) is 5.67. The first-order valence-electron chi connectivity index (χ1n) is 8.87. The molecule has 2 saturated heterocycles. The van der Waals surface area contributed by atoms with E-state index in [4.69, 9.17) is 0 Å². The number of aromatic nitrogens is 1. The first-order chi connectivity index (χ1) is 12.1. The van der Waals surface area contributed by atoms with Gasteiger partial charge >= 0.3 is 0 Å². The standard InChI is InChI=1S/C20H23F2N3/c21-20(22)9-12-24(14-17-6-10-23-11-7-17)15-19(20)8-13-25(16-19)18-4-2-1-3-5-18/h1-7,10-11H,8-9,12-16H2. The van der Waals surface area contributed by atoms with E-state index < -0.39 is 11.3 Å². The minimum Gasteiger partial charge on any atom is -0.371 e. The highest BCUT2D eigenvalue weighted by atomic mass is 19.3. The van der Waals surface area contributed by atoms with E-state index in [9.17, 15) is 8.78 Å². The molecular weight excluding hydrogens is 320 g/mol. The maximum atomic E-state index is 14.9. The smallest absolute Gasteiger partial charge is 0.257 e. The minimum atomic E-state index is -2.61. The van der Waals surface area contributed by atoms with Crippen LogP contribution in [0.3, 0.4) is 0 Å². The zero-order chi connectivity index (χ0) is 17.3. The number of halogens is 2. The SMILES string of the molecule is FC1(F)CCN(Cc2ccncc2)CC12CCN(c1ccccc1)C2. The summed E-state index contributed by atoms with van der Waals surface area (Å²) < 4.78 is 29.8.